The van der Waals surface area contributed by atoms with Crippen molar-refractivity contribution in [2.24, 2.45) is 5.92 Å². The molecule has 1 aromatic heterocycles. The smallest absolute Gasteiger partial charge is 0.246 e. The predicted octanol–water partition coefficient (Wildman–Crippen LogP) is 4.20. The van der Waals surface area contributed by atoms with E-state index in [4.69, 9.17) is 9.72 Å². The molecule has 1 saturated heterocycles. The fraction of sp³-hybridized carbons (Fsp3) is 0.370. The van der Waals surface area contributed by atoms with E-state index in [-0.39, 0.29) is 30.4 Å². The minimum absolute atomic E-state index is 0.00343. The Balaban J connectivity index is 1.38. The molecule has 1 saturated carbocycles. The second-order valence-corrected chi connectivity index (χ2v) is 9.20. The third-order valence-corrected chi connectivity index (χ3v) is 6.33. The van der Waals surface area contributed by atoms with Crippen LogP contribution in [0, 0.1) is 12.8 Å². The molecule has 1 unspecified atom stereocenters. The summed E-state index contributed by atoms with van der Waals surface area (Å²) in [5.74, 6) is 0.280. The summed E-state index contributed by atoms with van der Waals surface area (Å²) < 4.78 is 7.62. The van der Waals surface area contributed by atoms with E-state index in [2.05, 4.69) is 5.32 Å². The summed E-state index contributed by atoms with van der Waals surface area (Å²) in [5.41, 5.74) is 3.76. The van der Waals surface area contributed by atoms with Gasteiger partial charge in [-0.1, -0.05) is 42.5 Å². The number of hydrogen-bond acceptors (Lipinski definition) is 4. The van der Waals surface area contributed by atoms with Gasteiger partial charge < -0.3 is 9.64 Å². The van der Waals surface area contributed by atoms with E-state index < -0.39 is 0 Å². The Morgan fingerprint density at radius 1 is 1.12 bits per heavy atom. The lowest BCUT2D eigenvalue weighted by atomic mass is 10.2. The van der Waals surface area contributed by atoms with Crippen LogP contribution in [0.1, 0.15) is 31.2 Å². The quantitative estimate of drug-likeness (QED) is 0.549. The summed E-state index contributed by atoms with van der Waals surface area (Å²) >= 11 is 0. The molecule has 1 aliphatic carbocycles. The number of carbonyl (C=O) groups excluding carboxylic acids is 2. The van der Waals surface area contributed by atoms with Crippen molar-refractivity contribution in [3.05, 3.63) is 66.4 Å². The summed E-state index contributed by atoms with van der Waals surface area (Å²) in [6.45, 7) is 3.21. The van der Waals surface area contributed by atoms with Crippen molar-refractivity contribution < 1.29 is 14.3 Å². The Morgan fingerprint density at radius 2 is 1.94 bits per heavy atom. The maximum atomic E-state index is 13.1. The van der Waals surface area contributed by atoms with Crippen LogP contribution in [-0.2, 0) is 14.3 Å². The van der Waals surface area contributed by atoms with Crippen LogP contribution in [0.2, 0.25) is 0 Å². The molecule has 0 bridgehead atoms. The lowest BCUT2D eigenvalue weighted by Crippen LogP contribution is -2.43. The van der Waals surface area contributed by atoms with Gasteiger partial charge in [-0.25, -0.2) is 4.98 Å². The van der Waals surface area contributed by atoms with Crippen molar-refractivity contribution in [1.82, 2.24) is 14.5 Å². The van der Waals surface area contributed by atoms with Crippen LogP contribution in [0.15, 0.2) is 60.8 Å². The number of aryl methyl sites for hydroxylation is 1. The number of rotatable bonds is 8. The van der Waals surface area contributed by atoms with E-state index in [1.165, 1.54) is 0 Å². The molecular formula is C27H30N4O3. The van der Waals surface area contributed by atoms with Crippen molar-refractivity contribution in [3.8, 4) is 16.9 Å². The molecule has 2 heterocycles. The SMILES string of the molecule is Cc1cccc(-n2cc(-c3ccccc3)nc2NC(=O)CN(CC2CCCO2)C(=O)C2CC2)c1. The van der Waals surface area contributed by atoms with Gasteiger partial charge in [0.05, 0.1) is 11.8 Å². The first-order valence-electron chi connectivity index (χ1n) is 12.0. The standard InChI is InChI=1S/C27H30N4O3/c1-19-7-5-10-22(15-19)31-17-24(20-8-3-2-4-9-20)28-27(31)29-25(32)18-30(26(33)21-12-13-21)16-23-11-6-14-34-23/h2-5,7-10,15,17,21,23H,6,11-14,16,18H2,1H3,(H,28,29,32). The van der Waals surface area contributed by atoms with Gasteiger partial charge in [-0.2, -0.15) is 0 Å². The number of aromatic nitrogens is 2. The second kappa shape index (κ2) is 9.81. The number of anilines is 1. The van der Waals surface area contributed by atoms with Crippen LogP contribution in [-0.4, -0.2) is 52.1 Å². The highest BCUT2D eigenvalue weighted by atomic mass is 16.5. The Labute approximate surface area is 199 Å². The topological polar surface area (TPSA) is 76.5 Å². The zero-order valence-electron chi connectivity index (χ0n) is 19.4. The third kappa shape index (κ3) is 5.20. The van der Waals surface area contributed by atoms with Gasteiger partial charge in [-0.3, -0.25) is 19.5 Å². The molecule has 1 N–H and O–H groups in total. The molecule has 7 nitrogen and oxygen atoms in total. The molecule has 176 valence electrons. The second-order valence-electron chi connectivity index (χ2n) is 9.20. The van der Waals surface area contributed by atoms with E-state index in [0.29, 0.717) is 12.5 Å². The van der Waals surface area contributed by atoms with Crippen LogP contribution in [0.25, 0.3) is 16.9 Å². The third-order valence-electron chi connectivity index (χ3n) is 6.33. The fourth-order valence-corrected chi connectivity index (χ4v) is 4.38. The Kier molecular flexibility index (Phi) is 6.45. The summed E-state index contributed by atoms with van der Waals surface area (Å²) in [7, 11) is 0. The average Bonchev–Trinajstić information content (AvgIpc) is 3.41. The highest BCUT2D eigenvalue weighted by Gasteiger charge is 2.35. The summed E-state index contributed by atoms with van der Waals surface area (Å²) in [5, 5.41) is 2.97. The summed E-state index contributed by atoms with van der Waals surface area (Å²) in [6, 6.07) is 17.9. The number of nitrogens with one attached hydrogen (secondary N) is 1. The highest BCUT2D eigenvalue weighted by Crippen LogP contribution is 2.31. The normalized spacial score (nSPS) is 17.5. The first-order chi connectivity index (χ1) is 16.6. The molecule has 0 radical (unpaired) electrons. The average molecular weight is 459 g/mol. The molecule has 0 spiro atoms. The molecule has 1 atom stereocenters. The fourth-order valence-electron chi connectivity index (χ4n) is 4.38. The van der Waals surface area contributed by atoms with Crippen LogP contribution >= 0.6 is 0 Å². The number of amides is 2. The van der Waals surface area contributed by atoms with Crippen LogP contribution in [0.5, 0.6) is 0 Å². The number of ether oxygens (including phenoxy) is 1. The van der Waals surface area contributed by atoms with Gasteiger partial charge in [0.15, 0.2) is 0 Å². The number of nitrogens with zero attached hydrogens (tertiary/aromatic N) is 3. The number of carbonyl (C=O) groups is 2. The molecule has 2 amide bonds. The number of benzene rings is 2. The lowest BCUT2D eigenvalue weighted by molar-refractivity contribution is -0.137. The van der Waals surface area contributed by atoms with Gasteiger partial charge in [0.2, 0.25) is 17.8 Å². The minimum atomic E-state index is -0.258. The zero-order valence-corrected chi connectivity index (χ0v) is 19.4. The monoisotopic (exact) mass is 458 g/mol. The summed E-state index contributed by atoms with van der Waals surface area (Å²) in [4.78, 5) is 32.4. The molecule has 1 aliphatic heterocycles. The molecule has 7 heteroatoms. The molecule has 2 aliphatic rings. The zero-order chi connectivity index (χ0) is 23.5. The van der Waals surface area contributed by atoms with E-state index in [1.54, 1.807) is 4.90 Å². The van der Waals surface area contributed by atoms with Crippen molar-refractivity contribution in [3.63, 3.8) is 0 Å². The molecule has 5 rings (SSSR count). The van der Waals surface area contributed by atoms with Gasteiger partial charge in [0.25, 0.3) is 0 Å². The predicted molar refractivity (Wildman–Crippen MR) is 131 cm³/mol. The number of hydrogen-bond donors (Lipinski definition) is 1. The van der Waals surface area contributed by atoms with Gasteiger partial charge in [0.1, 0.15) is 6.54 Å². The maximum absolute atomic E-state index is 13.1. The Hall–Kier alpha value is -3.45. The van der Waals surface area contributed by atoms with E-state index in [1.807, 2.05) is 72.3 Å². The largest absolute Gasteiger partial charge is 0.376 e. The molecular weight excluding hydrogens is 428 g/mol. The van der Waals surface area contributed by atoms with Crippen molar-refractivity contribution in [1.29, 1.82) is 0 Å². The van der Waals surface area contributed by atoms with Crippen LogP contribution < -0.4 is 5.32 Å². The van der Waals surface area contributed by atoms with Crippen LogP contribution in [0.3, 0.4) is 0 Å². The number of imidazole rings is 1. The molecule has 2 fully saturated rings. The Morgan fingerprint density at radius 3 is 2.65 bits per heavy atom. The maximum Gasteiger partial charge on any atom is 0.246 e. The van der Waals surface area contributed by atoms with Gasteiger partial charge in [0, 0.05) is 36.5 Å². The molecule has 2 aromatic carbocycles. The van der Waals surface area contributed by atoms with Gasteiger partial charge in [-0.15, -0.1) is 0 Å². The highest BCUT2D eigenvalue weighted by molar-refractivity contribution is 5.94. The van der Waals surface area contributed by atoms with E-state index in [9.17, 15) is 9.59 Å². The first kappa shape index (κ1) is 22.3. The van der Waals surface area contributed by atoms with E-state index in [0.717, 1.165) is 54.8 Å². The van der Waals surface area contributed by atoms with Gasteiger partial charge >= 0.3 is 0 Å². The van der Waals surface area contributed by atoms with Gasteiger partial charge in [-0.05, 0) is 50.3 Å². The summed E-state index contributed by atoms with van der Waals surface area (Å²) in [6.07, 6.45) is 5.67. The van der Waals surface area contributed by atoms with Crippen molar-refractivity contribution >= 4 is 17.8 Å². The lowest BCUT2D eigenvalue weighted by Gasteiger charge is -2.25. The van der Waals surface area contributed by atoms with Crippen molar-refractivity contribution in [2.75, 3.05) is 25.0 Å². The van der Waals surface area contributed by atoms with Crippen molar-refractivity contribution in [2.45, 2.75) is 38.7 Å². The van der Waals surface area contributed by atoms with Crippen LogP contribution in [0.4, 0.5) is 5.95 Å². The molecule has 34 heavy (non-hydrogen) atoms. The Bertz CT molecular complexity index is 1160. The minimum Gasteiger partial charge on any atom is -0.376 e. The van der Waals surface area contributed by atoms with E-state index >= 15 is 0 Å². The first-order valence-corrected chi connectivity index (χ1v) is 12.0. The molecule has 3 aromatic rings.